The monoisotopic (exact) mass is 373 g/mol. The molecule has 1 saturated heterocycles. The van der Waals surface area contributed by atoms with Gasteiger partial charge >= 0.3 is 7.12 Å². The number of benzene rings is 2. The van der Waals surface area contributed by atoms with Gasteiger partial charge in [0.05, 0.1) is 11.2 Å². The SMILES string of the molecule is CC(C)Nc1cc(B2OC(C)(C)C(C)(C)O2)cc(-c2ccc(F)cc2F)c1. The Morgan fingerprint density at radius 3 is 2.11 bits per heavy atom. The Hall–Kier alpha value is -1.92. The summed E-state index contributed by atoms with van der Waals surface area (Å²) in [7, 11) is -0.564. The highest BCUT2D eigenvalue weighted by Gasteiger charge is 2.51. The van der Waals surface area contributed by atoms with Gasteiger partial charge in [-0.2, -0.15) is 0 Å². The second kappa shape index (κ2) is 6.91. The van der Waals surface area contributed by atoms with Crippen molar-refractivity contribution in [1.82, 2.24) is 0 Å². The summed E-state index contributed by atoms with van der Waals surface area (Å²) < 4.78 is 40.0. The summed E-state index contributed by atoms with van der Waals surface area (Å²) in [4.78, 5) is 0. The minimum atomic E-state index is -0.600. The van der Waals surface area contributed by atoms with Crippen LogP contribution in [0, 0.1) is 11.6 Å². The summed E-state index contributed by atoms with van der Waals surface area (Å²) >= 11 is 0. The molecule has 1 heterocycles. The highest BCUT2D eigenvalue weighted by Crippen LogP contribution is 2.37. The van der Waals surface area contributed by atoms with Crippen molar-refractivity contribution in [3.63, 3.8) is 0 Å². The zero-order chi connectivity index (χ0) is 20.0. The fourth-order valence-corrected chi connectivity index (χ4v) is 3.06. The predicted octanol–water partition coefficient (Wildman–Crippen LogP) is 4.75. The first-order chi connectivity index (χ1) is 12.5. The molecule has 144 valence electrons. The van der Waals surface area contributed by atoms with Crippen LogP contribution in [0.5, 0.6) is 0 Å². The molecule has 6 heteroatoms. The van der Waals surface area contributed by atoms with Crippen molar-refractivity contribution in [3.05, 3.63) is 48.0 Å². The molecule has 0 aliphatic carbocycles. The molecule has 0 bridgehead atoms. The van der Waals surface area contributed by atoms with Crippen LogP contribution in [-0.2, 0) is 9.31 Å². The van der Waals surface area contributed by atoms with Crippen molar-refractivity contribution in [2.24, 2.45) is 0 Å². The first-order valence-corrected chi connectivity index (χ1v) is 9.21. The maximum atomic E-state index is 14.4. The lowest BCUT2D eigenvalue weighted by Gasteiger charge is -2.32. The van der Waals surface area contributed by atoms with Gasteiger partial charge in [-0.05, 0) is 76.8 Å². The van der Waals surface area contributed by atoms with E-state index < -0.39 is 30.0 Å². The molecule has 27 heavy (non-hydrogen) atoms. The number of hydrogen-bond acceptors (Lipinski definition) is 3. The van der Waals surface area contributed by atoms with Gasteiger partial charge in [0, 0.05) is 23.4 Å². The zero-order valence-electron chi connectivity index (χ0n) is 16.7. The average Bonchev–Trinajstić information content (AvgIpc) is 2.74. The van der Waals surface area contributed by atoms with Crippen molar-refractivity contribution >= 4 is 18.3 Å². The molecule has 0 unspecified atom stereocenters. The fraction of sp³-hybridized carbons (Fsp3) is 0.429. The summed E-state index contributed by atoms with van der Waals surface area (Å²) in [5.41, 5.74) is 1.65. The largest absolute Gasteiger partial charge is 0.494 e. The molecule has 0 radical (unpaired) electrons. The standard InChI is InChI=1S/C21H26BF2NO2/c1-13(2)25-17-10-14(18-8-7-16(23)12-19(18)24)9-15(11-17)22-26-20(3,4)21(5,6)27-22/h7-13,25H,1-6H3. The van der Waals surface area contributed by atoms with Crippen LogP contribution in [0.4, 0.5) is 14.5 Å². The molecular weight excluding hydrogens is 347 g/mol. The van der Waals surface area contributed by atoms with E-state index in [1.54, 1.807) is 0 Å². The molecule has 1 aliphatic rings. The van der Waals surface area contributed by atoms with Crippen molar-refractivity contribution in [2.75, 3.05) is 5.32 Å². The lowest BCUT2D eigenvalue weighted by molar-refractivity contribution is 0.00578. The molecule has 3 rings (SSSR count). The smallest absolute Gasteiger partial charge is 0.399 e. The number of hydrogen-bond donors (Lipinski definition) is 1. The lowest BCUT2D eigenvalue weighted by atomic mass is 9.77. The second-order valence-corrected chi connectivity index (χ2v) is 8.36. The first kappa shape index (κ1) is 19.8. The van der Waals surface area contributed by atoms with Crippen LogP contribution in [0.15, 0.2) is 36.4 Å². The van der Waals surface area contributed by atoms with Crippen LogP contribution < -0.4 is 10.8 Å². The van der Waals surface area contributed by atoms with E-state index in [-0.39, 0.29) is 6.04 Å². The van der Waals surface area contributed by atoms with E-state index in [2.05, 4.69) is 5.32 Å². The molecule has 2 aromatic carbocycles. The van der Waals surface area contributed by atoms with E-state index in [4.69, 9.17) is 9.31 Å². The normalized spacial score (nSPS) is 18.2. The Morgan fingerprint density at radius 2 is 1.56 bits per heavy atom. The van der Waals surface area contributed by atoms with E-state index in [1.807, 2.05) is 59.7 Å². The van der Waals surface area contributed by atoms with Gasteiger partial charge in [0.25, 0.3) is 0 Å². The summed E-state index contributed by atoms with van der Waals surface area (Å²) in [5.74, 6) is -1.20. The highest BCUT2D eigenvalue weighted by molar-refractivity contribution is 6.62. The van der Waals surface area contributed by atoms with E-state index in [9.17, 15) is 8.78 Å². The third kappa shape index (κ3) is 4.02. The van der Waals surface area contributed by atoms with Crippen LogP contribution in [-0.4, -0.2) is 24.4 Å². The Labute approximate surface area is 160 Å². The molecule has 1 N–H and O–H groups in total. The third-order valence-corrected chi connectivity index (χ3v) is 5.18. The van der Waals surface area contributed by atoms with Crippen LogP contribution in [0.1, 0.15) is 41.5 Å². The zero-order valence-corrected chi connectivity index (χ0v) is 16.7. The van der Waals surface area contributed by atoms with E-state index in [0.717, 1.165) is 17.2 Å². The van der Waals surface area contributed by atoms with Crippen LogP contribution in [0.2, 0.25) is 0 Å². The number of halogens is 2. The summed E-state index contributed by atoms with van der Waals surface area (Å²) in [6.45, 7) is 12.0. The molecule has 1 fully saturated rings. The molecule has 0 aromatic heterocycles. The maximum absolute atomic E-state index is 14.4. The van der Waals surface area contributed by atoms with Crippen molar-refractivity contribution in [2.45, 2.75) is 58.8 Å². The third-order valence-electron chi connectivity index (χ3n) is 5.18. The second-order valence-electron chi connectivity index (χ2n) is 8.36. The molecular formula is C21H26BF2NO2. The van der Waals surface area contributed by atoms with Gasteiger partial charge in [-0.25, -0.2) is 8.78 Å². The van der Waals surface area contributed by atoms with Crippen molar-refractivity contribution < 1.29 is 18.1 Å². The Kier molecular flexibility index (Phi) is 5.08. The van der Waals surface area contributed by atoms with Gasteiger partial charge < -0.3 is 14.6 Å². The molecule has 0 amide bonds. The van der Waals surface area contributed by atoms with Gasteiger partial charge in [0.15, 0.2) is 0 Å². The van der Waals surface area contributed by atoms with E-state index >= 15 is 0 Å². The molecule has 0 atom stereocenters. The minimum Gasteiger partial charge on any atom is -0.399 e. The van der Waals surface area contributed by atoms with Crippen LogP contribution >= 0.6 is 0 Å². The Morgan fingerprint density at radius 1 is 0.926 bits per heavy atom. The van der Waals surface area contributed by atoms with E-state index in [0.29, 0.717) is 11.1 Å². The van der Waals surface area contributed by atoms with Gasteiger partial charge in [-0.1, -0.05) is 6.07 Å². The van der Waals surface area contributed by atoms with Crippen LogP contribution in [0.25, 0.3) is 11.1 Å². The Bertz CT molecular complexity index is 836. The predicted molar refractivity (Wildman–Crippen MR) is 106 cm³/mol. The topological polar surface area (TPSA) is 30.5 Å². The number of nitrogens with one attached hydrogen (secondary N) is 1. The quantitative estimate of drug-likeness (QED) is 0.785. The summed E-state index contributed by atoms with van der Waals surface area (Å²) in [5, 5.41) is 3.34. The van der Waals surface area contributed by atoms with Gasteiger partial charge in [0.2, 0.25) is 0 Å². The molecule has 2 aromatic rings. The van der Waals surface area contributed by atoms with E-state index in [1.165, 1.54) is 12.1 Å². The highest BCUT2D eigenvalue weighted by atomic mass is 19.1. The first-order valence-electron chi connectivity index (χ1n) is 9.21. The minimum absolute atomic E-state index is 0.199. The fourth-order valence-electron chi connectivity index (χ4n) is 3.06. The average molecular weight is 373 g/mol. The number of anilines is 1. The van der Waals surface area contributed by atoms with Crippen molar-refractivity contribution in [3.8, 4) is 11.1 Å². The maximum Gasteiger partial charge on any atom is 0.494 e. The van der Waals surface area contributed by atoms with Crippen LogP contribution in [0.3, 0.4) is 0 Å². The molecule has 3 nitrogen and oxygen atoms in total. The van der Waals surface area contributed by atoms with Gasteiger partial charge in [0.1, 0.15) is 11.6 Å². The summed E-state index contributed by atoms with van der Waals surface area (Å²) in [6, 6.07) is 9.45. The van der Waals surface area contributed by atoms with Gasteiger partial charge in [-0.3, -0.25) is 0 Å². The Balaban J connectivity index is 2.07. The molecule has 1 aliphatic heterocycles. The summed E-state index contributed by atoms with van der Waals surface area (Å²) in [6.07, 6.45) is 0. The van der Waals surface area contributed by atoms with Gasteiger partial charge in [-0.15, -0.1) is 0 Å². The van der Waals surface area contributed by atoms with Crippen molar-refractivity contribution in [1.29, 1.82) is 0 Å². The lowest BCUT2D eigenvalue weighted by Crippen LogP contribution is -2.41. The number of rotatable bonds is 4. The molecule has 0 spiro atoms. The molecule has 0 saturated carbocycles.